The lowest BCUT2D eigenvalue weighted by Crippen LogP contribution is -2.38. The summed E-state index contributed by atoms with van der Waals surface area (Å²) in [5.41, 5.74) is 2.20. The second kappa shape index (κ2) is 9.37. The third kappa shape index (κ3) is 5.71. The van der Waals surface area contributed by atoms with E-state index in [4.69, 9.17) is 17.0 Å². The van der Waals surface area contributed by atoms with Crippen molar-refractivity contribution in [1.82, 2.24) is 4.90 Å². The fraction of sp³-hybridized carbons (Fsp3) is 0.400. The van der Waals surface area contributed by atoms with Crippen molar-refractivity contribution in [3.63, 3.8) is 0 Å². The Morgan fingerprint density at radius 2 is 1.76 bits per heavy atom. The molecule has 0 aliphatic carbocycles. The first-order valence-corrected chi connectivity index (χ1v) is 9.09. The van der Waals surface area contributed by atoms with Crippen molar-refractivity contribution in [3.05, 3.63) is 54.4 Å². The second-order valence-electron chi connectivity index (χ2n) is 6.54. The third-order valence-corrected chi connectivity index (χ3v) is 4.58. The molecule has 0 aliphatic heterocycles. The van der Waals surface area contributed by atoms with E-state index in [1.807, 2.05) is 36.7 Å². The molecule has 0 saturated heterocycles. The number of methoxy groups -OCH3 is 1. The largest absolute Gasteiger partial charge is 0.497 e. The van der Waals surface area contributed by atoms with Crippen LogP contribution in [0.4, 0.5) is 5.69 Å². The van der Waals surface area contributed by atoms with Crippen LogP contribution in [0.15, 0.2) is 48.8 Å². The fourth-order valence-electron chi connectivity index (χ4n) is 2.60. The van der Waals surface area contributed by atoms with E-state index in [0.29, 0.717) is 5.92 Å². The lowest BCUT2D eigenvalue weighted by Gasteiger charge is -2.32. The van der Waals surface area contributed by atoms with Crippen LogP contribution < -0.4 is 15.0 Å². The van der Waals surface area contributed by atoms with Gasteiger partial charge in [0.15, 0.2) is 17.5 Å². The van der Waals surface area contributed by atoms with Gasteiger partial charge in [0.05, 0.1) is 13.2 Å². The minimum atomic E-state index is 0.201. The van der Waals surface area contributed by atoms with Gasteiger partial charge in [-0.15, -0.1) is 0 Å². The topological polar surface area (TPSA) is 38.6 Å². The molecule has 1 aromatic carbocycles. The molecule has 0 spiro atoms. The van der Waals surface area contributed by atoms with Crippen LogP contribution in [0.1, 0.15) is 38.8 Å². The number of H-pyrrole nitrogens is 1. The molecule has 0 amide bonds. The van der Waals surface area contributed by atoms with Crippen LogP contribution in [0.25, 0.3) is 0 Å². The summed E-state index contributed by atoms with van der Waals surface area (Å²) >= 11 is 5.72. The van der Waals surface area contributed by atoms with Gasteiger partial charge in [0.1, 0.15) is 5.75 Å². The molecule has 1 aromatic heterocycles. The third-order valence-electron chi connectivity index (χ3n) is 4.24. The van der Waals surface area contributed by atoms with E-state index in [1.54, 1.807) is 7.11 Å². The maximum atomic E-state index is 5.72. The van der Waals surface area contributed by atoms with Crippen molar-refractivity contribution in [2.24, 2.45) is 5.92 Å². The number of aromatic amines is 1. The molecule has 134 valence electrons. The van der Waals surface area contributed by atoms with E-state index < -0.39 is 0 Å². The van der Waals surface area contributed by atoms with Gasteiger partial charge in [-0.2, -0.15) is 0 Å². The quantitative estimate of drug-likeness (QED) is 0.748. The van der Waals surface area contributed by atoms with Crippen molar-refractivity contribution in [2.45, 2.75) is 33.2 Å². The average Bonchev–Trinajstić information content (AvgIpc) is 2.63. The van der Waals surface area contributed by atoms with E-state index in [2.05, 4.69) is 48.1 Å². The number of benzene rings is 1. The number of aromatic nitrogens is 1. The smallest absolute Gasteiger partial charge is 0.173 e. The molecule has 0 bridgehead atoms. The lowest BCUT2D eigenvalue weighted by atomic mass is 10.1. The summed E-state index contributed by atoms with van der Waals surface area (Å²) in [5, 5.41) is 4.10. The van der Waals surface area contributed by atoms with Crippen LogP contribution in [0, 0.1) is 5.92 Å². The predicted octanol–water partition coefficient (Wildman–Crippen LogP) is 4.32. The zero-order valence-electron chi connectivity index (χ0n) is 15.5. The highest BCUT2D eigenvalue weighted by Gasteiger charge is 2.19. The lowest BCUT2D eigenvalue weighted by molar-refractivity contribution is -0.378. The molecule has 2 N–H and O–H groups in total. The molecule has 1 atom stereocenters. The summed E-state index contributed by atoms with van der Waals surface area (Å²) in [4.78, 5) is 5.34. The van der Waals surface area contributed by atoms with Crippen molar-refractivity contribution in [1.29, 1.82) is 0 Å². The van der Waals surface area contributed by atoms with Gasteiger partial charge in [-0.05, 0) is 61.3 Å². The number of anilines is 1. The second-order valence-corrected chi connectivity index (χ2v) is 6.93. The van der Waals surface area contributed by atoms with Crippen LogP contribution in [0.5, 0.6) is 5.75 Å². The van der Waals surface area contributed by atoms with Gasteiger partial charge in [-0.1, -0.05) is 13.8 Å². The van der Waals surface area contributed by atoms with Crippen molar-refractivity contribution >= 4 is 23.0 Å². The molecule has 2 aromatic rings. The molecular weight excluding hydrogens is 330 g/mol. The highest BCUT2D eigenvalue weighted by atomic mass is 32.1. The minimum Gasteiger partial charge on any atom is -0.497 e. The van der Waals surface area contributed by atoms with Gasteiger partial charge < -0.3 is 15.0 Å². The highest BCUT2D eigenvalue weighted by Crippen LogP contribution is 2.22. The van der Waals surface area contributed by atoms with E-state index in [9.17, 15) is 0 Å². The number of rotatable bonds is 7. The number of ether oxygens (including phenoxy) is 1. The molecule has 0 fully saturated rings. The van der Waals surface area contributed by atoms with Crippen molar-refractivity contribution in [3.8, 4) is 5.75 Å². The molecule has 4 nitrogen and oxygen atoms in total. The van der Waals surface area contributed by atoms with Gasteiger partial charge in [0.2, 0.25) is 0 Å². The van der Waals surface area contributed by atoms with Gasteiger partial charge in [0, 0.05) is 24.4 Å². The summed E-state index contributed by atoms with van der Waals surface area (Å²) < 4.78 is 5.21. The summed E-state index contributed by atoms with van der Waals surface area (Å²) in [6.07, 6.45) is 4.99. The number of thiocarbonyl (C=S) groups is 1. The highest BCUT2D eigenvalue weighted by molar-refractivity contribution is 7.80. The monoisotopic (exact) mass is 358 g/mol. The molecule has 5 heteroatoms. The Balaban J connectivity index is 2.13. The van der Waals surface area contributed by atoms with Crippen LogP contribution in [0.3, 0.4) is 0 Å². The average molecular weight is 359 g/mol. The Bertz CT molecular complexity index is 658. The molecule has 2 rings (SSSR count). The van der Waals surface area contributed by atoms with Crippen LogP contribution in [-0.2, 0) is 0 Å². The number of hydrogen-bond acceptors (Lipinski definition) is 2. The molecule has 0 radical (unpaired) electrons. The molecule has 0 aliphatic rings. The minimum absolute atomic E-state index is 0.201. The number of nitrogens with one attached hydrogen (secondary N) is 2. The summed E-state index contributed by atoms with van der Waals surface area (Å²) in [6, 6.07) is 12.2. The summed E-state index contributed by atoms with van der Waals surface area (Å²) in [5.74, 6) is 1.46. The normalized spacial score (nSPS) is 11.9. The Morgan fingerprint density at radius 3 is 2.32 bits per heavy atom. The van der Waals surface area contributed by atoms with Gasteiger partial charge in [-0.25, -0.2) is 4.98 Å². The van der Waals surface area contributed by atoms with Gasteiger partial charge in [-0.3, -0.25) is 0 Å². The van der Waals surface area contributed by atoms with E-state index >= 15 is 0 Å². The van der Waals surface area contributed by atoms with Gasteiger partial charge >= 0.3 is 0 Å². The Kier molecular flexibility index (Phi) is 7.19. The molecule has 0 saturated carbocycles. The first kappa shape index (κ1) is 19.2. The van der Waals surface area contributed by atoms with E-state index in [0.717, 1.165) is 29.5 Å². The zero-order valence-corrected chi connectivity index (χ0v) is 16.3. The first-order valence-electron chi connectivity index (χ1n) is 8.69. The van der Waals surface area contributed by atoms with Crippen molar-refractivity contribution in [2.75, 3.05) is 19.0 Å². The SMILES string of the molecule is COc1ccc(NC(=S)N(CCC(C)C)C(C)c2cc[nH+]cc2)cc1. The van der Waals surface area contributed by atoms with Gasteiger partial charge in [0.25, 0.3) is 0 Å². The molecular formula is C20H28N3OS+. The van der Waals surface area contributed by atoms with Crippen LogP contribution >= 0.6 is 12.2 Å². The Morgan fingerprint density at radius 1 is 1.12 bits per heavy atom. The maximum Gasteiger partial charge on any atom is 0.173 e. The predicted molar refractivity (Wildman–Crippen MR) is 107 cm³/mol. The molecule has 1 unspecified atom stereocenters. The Labute approximate surface area is 156 Å². The number of pyridine rings is 1. The summed E-state index contributed by atoms with van der Waals surface area (Å²) in [6.45, 7) is 7.58. The molecule has 1 heterocycles. The maximum absolute atomic E-state index is 5.72. The van der Waals surface area contributed by atoms with E-state index in [-0.39, 0.29) is 6.04 Å². The van der Waals surface area contributed by atoms with Crippen molar-refractivity contribution < 1.29 is 9.72 Å². The summed E-state index contributed by atoms with van der Waals surface area (Å²) in [7, 11) is 1.67. The molecule has 25 heavy (non-hydrogen) atoms. The Hall–Kier alpha value is -2.14. The first-order chi connectivity index (χ1) is 12.0. The van der Waals surface area contributed by atoms with E-state index in [1.165, 1.54) is 5.56 Å². The van der Waals surface area contributed by atoms with Crippen LogP contribution in [-0.4, -0.2) is 23.7 Å². The number of nitrogens with zero attached hydrogens (tertiary/aromatic N) is 1. The fourth-order valence-corrected chi connectivity index (χ4v) is 2.96. The zero-order chi connectivity index (χ0) is 18.2. The van der Waals surface area contributed by atoms with Crippen LogP contribution in [0.2, 0.25) is 0 Å². The standard InChI is InChI=1S/C20H27N3OS/c1-15(2)11-14-23(16(3)17-9-12-21-13-10-17)20(25)22-18-5-7-19(24-4)8-6-18/h5-10,12-13,15-16H,11,14H2,1-4H3,(H,22,25)/p+1. The number of hydrogen-bond donors (Lipinski definition) is 1.